The fourth-order valence-corrected chi connectivity index (χ4v) is 1.15. The summed E-state index contributed by atoms with van der Waals surface area (Å²) in [6, 6.07) is 2.98. The molecule has 1 N–H and O–H groups in total. The van der Waals surface area contributed by atoms with Crippen LogP contribution >= 0.6 is 0 Å². The van der Waals surface area contributed by atoms with Gasteiger partial charge in [0.15, 0.2) is 0 Å². The monoisotopic (exact) mass is 210 g/mol. The zero-order valence-electron chi connectivity index (χ0n) is 8.75. The molecule has 15 heavy (non-hydrogen) atoms. The summed E-state index contributed by atoms with van der Waals surface area (Å²) >= 11 is 0. The van der Waals surface area contributed by atoms with E-state index in [9.17, 15) is 4.79 Å². The molecule has 0 saturated carbocycles. The molecule has 1 aromatic rings. The minimum Gasteiger partial charge on any atom is -0.480 e. The summed E-state index contributed by atoms with van der Waals surface area (Å²) in [6.45, 7) is 1.97. The summed E-state index contributed by atoms with van der Waals surface area (Å²) in [5.41, 5.74) is 0.910. The number of nitrogens with zero attached hydrogens (tertiary/aromatic N) is 2. The molecule has 0 aliphatic rings. The van der Waals surface area contributed by atoms with Crippen molar-refractivity contribution in [2.75, 3.05) is 7.11 Å². The zero-order chi connectivity index (χ0) is 11.3. The van der Waals surface area contributed by atoms with Gasteiger partial charge in [-0.05, 0) is 18.6 Å². The summed E-state index contributed by atoms with van der Waals surface area (Å²) in [4.78, 5) is 19.7. The average Bonchev–Trinajstić information content (AvgIpc) is 2.26. The zero-order valence-corrected chi connectivity index (χ0v) is 8.75. The largest absolute Gasteiger partial charge is 0.480 e. The van der Waals surface area contributed by atoms with Crippen molar-refractivity contribution in [3.63, 3.8) is 0 Å². The molecule has 0 aliphatic heterocycles. The Hall–Kier alpha value is -1.46. The van der Waals surface area contributed by atoms with Crippen molar-refractivity contribution in [2.45, 2.75) is 19.5 Å². The average molecular weight is 210 g/mol. The van der Waals surface area contributed by atoms with E-state index in [4.69, 9.17) is 9.94 Å². The van der Waals surface area contributed by atoms with Crippen molar-refractivity contribution in [1.29, 1.82) is 0 Å². The Morgan fingerprint density at radius 3 is 2.93 bits per heavy atom. The third-order valence-electron chi connectivity index (χ3n) is 2.09. The Balaban J connectivity index is 2.66. The van der Waals surface area contributed by atoms with Crippen LogP contribution in [-0.2, 0) is 16.2 Å². The molecule has 0 aromatic carbocycles. The summed E-state index contributed by atoms with van der Waals surface area (Å²) in [5, 5.41) is 10.2. The molecule has 82 valence electrons. The van der Waals surface area contributed by atoms with Crippen LogP contribution in [0, 0.1) is 0 Å². The van der Waals surface area contributed by atoms with Gasteiger partial charge >= 0.3 is 5.97 Å². The van der Waals surface area contributed by atoms with Crippen molar-refractivity contribution >= 4 is 5.97 Å². The first-order chi connectivity index (χ1) is 7.15. The lowest BCUT2D eigenvalue weighted by Gasteiger charge is -2.23. The van der Waals surface area contributed by atoms with Crippen molar-refractivity contribution in [2.24, 2.45) is 0 Å². The molecule has 0 spiro atoms. The quantitative estimate of drug-likeness (QED) is 0.732. The van der Waals surface area contributed by atoms with Crippen LogP contribution in [0.25, 0.3) is 0 Å². The number of aliphatic carboxylic acids is 1. The standard InChI is InChI=1S/C10H14N2O3/c1-8(10(13)14)12(15-2)7-9-4-3-5-11-6-9/h3-6,8H,7H2,1-2H3,(H,13,14)/t8-/m0/s1. The van der Waals surface area contributed by atoms with E-state index in [0.29, 0.717) is 6.54 Å². The van der Waals surface area contributed by atoms with Crippen LogP contribution in [0.4, 0.5) is 0 Å². The van der Waals surface area contributed by atoms with Gasteiger partial charge in [-0.25, -0.2) is 0 Å². The van der Waals surface area contributed by atoms with Gasteiger partial charge in [0.2, 0.25) is 0 Å². The minimum absolute atomic E-state index is 0.401. The highest BCUT2D eigenvalue weighted by molar-refractivity contribution is 5.72. The highest BCUT2D eigenvalue weighted by Gasteiger charge is 2.20. The number of carboxylic acids is 1. The number of hydroxylamine groups is 2. The van der Waals surface area contributed by atoms with Crippen LogP contribution in [0.15, 0.2) is 24.5 Å². The predicted octanol–water partition coefficient (Wildman–Crippen LogP) is 0.918. The van der Waals surface area contributed by atoms with E-state index in [1.54, 1.807) is 25.4 Å². The van der Waals surface area contributed by atoms with E-state index in [2.05, 4.69) is 4.98 Å². The third kappa shape index (κ3) is 3.30. The van der Waals surface area contributed by atoms with E-state index < -0.39 is 12.0 Å². The third-order valence-corrected chi connectivity index (χ3v) is 2.09. The van der Waals surface area contributed by atoms with E-state index in [1.807, 2.05) is 6.07 Å². The van der Waals surface area contributed by atoms with Gasteiger partial charge in [-0.1, -0.05) is 6.07 Å². The lowest BCUT2D eigenvalue weighted by atomic mass is 10.2. The number of hydrogen-bond donors (Lipinski definition) is 1. The minimum atomic E-state index is -0.916. The van der Waals surface area contributed by atoms with Gasteiger partial charge in [0.1, 0.15) is 6.04 Å². The molecule has 1 heterocycles. The normalized spacial score (nSPS) is 12.7. The highest BCUT2D eigenvalue weighted by Crippen LogP contribution is 2.07. The van der Waals surface area contributed by atoms with Crippen LogP contribution < -0.4 is 0 Å². The number of pyridine rings is 1. The van der Waals surface area contributed by atoms with Crippen molar-refractivity contribution < 1.29 is 14.7 Å². The van der Waals surface area contributed by atoms with Gasteiger partial charge in [-0.3, -0.25) is 9.78 Å². The molecular formula is C10H14N2O3. The van der Waals surface area contributed by atoms with Crippen molar-refractivity contribution in [1.82, 2.24) is 10.0 Å². The van der Waals surface area contributed by atoms with Gasteiger partial charge < -0.3 is 9.94 Å². The number of rotatable bonds is 5. The van der Waals surface area contributed by atoms with Crippen molar-refractivity contribution in [3.8, 4) is 0 Å². The highest BCUT2D eigenvalue weighted by atomic mass is 16.7. The van der Waals surface area contributed by atoms with Gasteiger partial charge in [-0.15, -0.1) is 0 Å². The molecule has 0 saturated heterocycles. The Bertz CT molecular complexity index is 316. The van der Waals surface area contributed by atoms with Gasteiger partial charge in [-0.2, -0.15) is 5.06 Å². The molecule has 1 rings (SSSR count). The maximum Gasteiger partial charge on any atom is 0.323 e. The summed E-state index contributed by atoms with van der Waals surface area (Å²) < 4.78 is 0. The first-order valence-electron chi connectivity index (χ1n) is 4.57. The molecule has 1 atom stereocenters. The van der Waals surface area contributed by atoms with Gasteiger partial charge in [0, 0.05) is 12.4 Å². The van der Waals surface area contributed by atoms with E-state index in [0.717, 1.165) is 5.56 Å². The molecule has 5 nitrogen and oxygen atoms in total. The summed E-state index contributed by atoms with van der Waals surface area (Å²) in [6.07, 6.45) is 3.35. The molecule has 0 fully saturated rings. The lowest BCUT2D eigenvalue weighted by Crippen LogP contribution is -2.37. The SMILES string of the molecule is CON(Cc1cccnc1)[C@@H](C)C(=O)O. The number of carboxylic acid groups (broad SMARTS) is 1. The van der Waals surface area contributed by atoms with Crippen molar-refractivity contribution in [3.05, 3.63) is 30.1 Å². The second-order valence-electron chi connectivity index (χ2n) is 3.13. The Kier molecular flexibility index (Phi) is 4.20. The Labute approximate surface area is 88.3 Å². The summed E-state index contributed by atoms with van der Waals surface area (Å²) in [5.74, 6) is -0.916. The second-order valence-corrected chi connectivity index (χ2v) is 3.13. The fourth-order valence-electron chi connectivity index (χ4n) is 1.15. The molecule has 1 aromatic heterocycles. The molecule has 0 radical (unpaired) electrons. The molecule has 0 aliphatic carbocycles. The van der Waals surface area contributed by atoms with Crippen LogP contribution in [0.2, 0.25) is 0 Å². The molecule has 0 amide bonds. The van der Waals surface area contributed by atoms with Crippen LogP contribution in [-0.4, -0.2) is 34.3 Å². The number of carbonyl (C=O) groups is 1. The van der Waals surface area contributed by atoms with Gasteiger partial charge in [0.05, 0.1) is 13.7 Å². The summed E-state index contributed by atoms with van der Waals surface area (Å²) in [7, 11) is 1.45. The molecule has 0 bridgehead atoms. The Morgan fingerprint density at radius 1 is 1.73 bits per heavy atom. The maximum absolute atomic E-state index is 10.8. The second kappa shape index (κ2) is 5.43. The lowest BCUT2D eigenvalue weighted by molar-refractivity contribution is -0.185. The number of aromatic nitrogens is 1. The first-order valence-corrected chi connectivity index (χ1v) is 4.57. The van der Waals surface area contributed by atoms with Crippen LogP contribution in [0.5, 0.6) is 0 Å². The molecule has 0 unspecified atom stereocenters. The van der Waals surface area contributed by atoms with E-state index in [1.165, 1.54) is 12.2 Å². The maximum atomic E-state index is 10.8. The van der Waals surface area contributed by atoms with E-state index >= 15 is 0 Å². The Morgan fingerprint density at radius 2 is 2.47 bits per heavy atom. The predicted molar refractivity (Wildman–Crippen MR) is 53.9 cm³/mol. The molecule has 5 heteroatoms. The topological polar surface area (TPSA) is 62.7 Å². The fraction of sp³-hybridized carbons (Fsp3) is 0.400. The number of hydrogen-bond acceptors (Lipinski definition) is 4. The molecular weight excluding hydrogens is 196 g/mol. The van der Waals surface area contributed by atoms with Crippen LogP contribution in [0.1, 0.15) is 12.5 Å². The first kappa shape index (κ1) is 11.6. The van der Waals surface area contributed by atoms with E-state index in [-0.39, 0.29) is 0 Å². The smallest absolute Gasteiger partial charge is 0.323 e. The van der Waals surface area contributed by atoms with Gasteiger partial charge in [0.25, 0.3) is 0 Å². The van der Waals surface area contributed by atoms with Crippen LogP contribution in [0.3, 0.4) is 0 Å².